The number of carbonyl (C=O) groups excluding carboxylic acids is 2. The van der Waals surface area contributed by atoms with Crippen LogP contribution in [-0.2, 0) is 22.2 Å². The molecule has 4 saturated heterocycles. The number of halogens is 4. The van der Waals surface area contributed by atoms with E-state index in [0.717, 1.165) is 32.0 Å². The van der Waals surface area contributed by atoms with E-state index >= 15 is 0 Å². The van der Waals surface area contributed by atoms with Gasteiger partial charge in [0.2, 0.25) is 11.8 Å². The van der Waals surface area contributed by atoms with Gasteiger partial charge in [-0.25, -0.2) is 4.39 Å². The molecule has 1 aromatic carbocycles. The molecule has 5 rings (SSSR count). The predicted molar refractivity (Wildman–Crippen MR) is 107 cm³/mol. The van der Waals surface area contributed by atoms with Gasteiger partial charge in [0, 0.05) is 31.1 Å². The molecule has 174 valence electrons. The maximum atomic E-state index is 14.6. The van der Waals surface area contributed by atoms with Gasteiger partial charge in [-0.15, -0.1) is 0 Å². The Bertz CT molecular complexity index is 940. The van der Waals surface area contributed by atoms with Gasteiger partial charge >= 0.3 is 6.18 Å². The SMILES string of the molecule is O=C1NC2(CNC2)CC1C(=O)N1CC2(CCNCC2)C1Cc1ccc(C(F)(F)F)cc1F. The molecule has 0 aliphatic carbocycles. The Morgan fingerprint density at radius 2 is 1.88 bits per heavy atom. The molecule has 0 bridgehead atoms. The lowest BCUT2D eigenvalue weighted by Gasteiger charge is -2.60. The minimum atomic E-state index is -4.61. The number of likely N-dealkylation sites (tertiary alicyclic amines) is 1. The van der Waals surface area contributed by atoms with E-state index in [1.54, 1.807) is 4.90 Å². The van der Waals surface area contributed by atoms with E-state index < -0.39 is 23.5 Å². The van der Waals surface area contributed by atoms with Gasteiger partial charge in [-0.1, -0.05) is 6.07 Å². The van der Waals surface area contributed by atoms with Gasteiger partial charge in [0.25, 0.3) is 0 Å². The van der Waals surface area contributed by atoms with Crippen molar-refractivity contribution in [2.45, 2.75) is 43.4 Å². The molecule has 4 fully saturated rings. The van der Waals surface area contributed by atoms with E-state index in [2.05, 4.69) is 16.0 Å². The van der Waals surface area contributed by atoms with Crippen LogP contribution < -0.4 is 16.0 Å². The highest BCUT2D eigenvalue weighted by Gasteiger charge is 2.58. The summed E-state index contributed by atoms with van der Waals surface area (Å²) in [6.45, 7) is 3.31. The van der Waals surface area contributed by atoms with Crippen molar-refractivity contribution in [1.29, 1.82) is 0 Å². The van der Waals surface area contributed by atoms with Crippen molar-refractivity contribution in [1.82, 2.24) is 20.9 Å². The van der Waals surface area contributed by atoms with Crippen LogP contribution in [-0.4, -0.2) is 61.0 Å². The molecule has 32 heavy (non-hydrogen) atoms. The van der Waals surface area contributed by atoms with Crippen molar-refractivity contribution in [3.63, 3.8) is 0 Å². The summed E-state index contributed by atoms with van der Waals surface area (Å²) in [7, 11) is 0. The van der Waals surface area contributed by atoms with Crippen molar-refractivity contribution >= 4 is 11.8 Å². The molecule has 1 aromatic rings. The monoisotopic (exact) mass is 454 g/mol. The Hall–Kier alpha value is -2.20. The number of rotatable bonds is 3. The topological polar surface area (TPSA) is 73.5 Å². The molecule has 0 aromatic heterocycles. The Kier molecular flexibility index (Phi) is 5.01. The Labute approximate surface area is 183 Å². The second-order valence-electron chi connectivity index (χ2n) is 9.73. The van der Waals surface area contributed by atoms with Crippen molar-refractivity contribution in [2.75, 3.05) is 32.7 Å². The molecule has 0 radical (unpaired) electrons. The number of carbonyl (C=O) groups is 2. The summed E-state index contributed by atoms with van der Waals surface area (Å²) < 4.78 is 53.4. The number of nitrogens with zero attached hydrogens (tertiary/aromatic N) is 1. The molecule has 3 N–H and O–H groups in total. The Morgan fingerprint density at radius 1 is 1.16 bits per heavy atom. The summed E-state index contributed by atoms with van der Waals surface area (Å²) in [6.07, 6.45) is -2.44. The molecule has 4 heterocycles. The maximum Gasteiger partial charge on any atom is 0.416 e. The van der Waals surface area contributed by atoms with Gasteiger partial charge in [-0.05, 0) is 56.5 Å². The average molecular weight is 454 g/mol. The molecular weight excluding hydrogens is 428 g/mol. The van der Waals surface area contributed by atoms with Gasteiger partial charge in [-0.2, -0.15) is 13.2 Å². The highest BCUT2D eigenvalue weighted by atomic mass is 19.4. The average Bonchev–Trinajstić information content (AvgIpc) is 3.09. The quantitative estimate of drug-likeness (QED) is 0.478. The van der Waals surface area contributed by atoms with Gasteiger partial charge in [0.05, 0.1) is 11.1 Å². The molecule has 0 saturated carbocycles. The van der Waals surface area contributed by atoms with Crippen LogP contribution in [0.15, 0.2) is 18.2 Å². The van der Waals surface area contributed by atoms with Crippen molar-refractivity contribution < 1.29 is 27.2 Å². The van der Waals surface area contributed by atoms with E-state index in [9.17, 15) is 27.2 Å². The number of amides is 2. The maximum absolute atomic E-state index is 14.6. The fourth-order valence-electron chi connectivity index (χ4n) is 5.79. The minimum absolute atomic E-state index is 0.136. The van der Waals surface area contributed by atoms with E-state index in [0.29, 0.717) is 32.1 Å². The zero-order chi connectivity index (χ0) is 22.7. The van der Waals surface area contributed by atoms with Crippen LogP contribution in [0.1, 0.15) is 30.4 Å². The van der Waals surface area contributed by atoms with Crippen LogP contribution in [0.3, 0.4) is 0 Å². The standard InChI is InChI=1S/C22H26F4N4O2/c23-16-8-14(22(24,25)26)2-1-13(16)7-17-20(3-5-27-6-4-20)12-30(17)19(32)15-9-21(10-28-11-21)29-18(15)31/h1-2,8,15,17,27-28H,3-7,9-12H2,(H,29,31). The summed E-state index contributed by atoms with van der Waals surface area (Å²) in [5, 5.41) is 9.35. The number of hydrogen-bond acceptors (Lipinski definition) is 4. The molecule has 2 atom stereocenters. The molecule has 2 unspecified atom stereocenters. The first-order chi connectivity index (χ1) is 15.1. The summed E-state index contributed by atoms with van der Waals surface area (Å²) >= 11 is 0. The third-order valence-electron chi connectivity index (χ3n) is 7.77. The van der Waals surface area contributed by atoms with Crippen molar-refractivity contribution in [3.8, 4) is 0 Å². The highest BCUT2D eigenvalue weighted by Crippen LogP contribution is 2.48. The summed E-state index contributed by atoms with van der Waals surface area (Å²) in [5.74, 6) is -2.22. The van der Waals surface area contributed by atoms with Crippen LogP contribution in [0, 0.1) is 17.2 Å². The van der Waals surface area contributed by atoms with Crippen LogP contribution in [0.2, 0.25) is 0 Å². The predicted octanol–water partition coefficient (Wildman–Crippen LogP) is 1.45. The number of alkyl halides is 3. The van der Waals surface area contributed by atoms with Crippen LogP contribution >= 0.6 is 0 Å². The summed E-state index contributed by atoms with van der Waals surface area (Å²) in [5.41, 5.74) is -1.43. The molecule has 2 spiro atoms. The molecule has 4 aliphatic heterocycles. The molecule has 6 nitrogen and oxygen atoms in total. The van der Waals surface area contributed by atoms with Crippen LogP contribution in [0.4, 0.5) is 17.6 Å². The molecular formula is C22H26F4N4O2. The minimum Gasteiger partial charge on any atom is -0.347 e. The lowest BCUT2D eigenvalue weighted by atomic mass is 9.63. The number of benzene rings is 1. The third-order valence-corrected chi connectivity index (χ3v) is 7.77. The Balaban J connectivity index is 1.38. The Morgan fingerprint density at radius 3 is 2.44 bits per heavy atom. The highest BCUT2D eigenvalue weighted by molar-refractivity contribution is 6.03. The fourth-order valence-corrected chi connectivity index (χ4v) is 5.79. The number of hydrogen-bond donors (Lipinski definition) is 3. The zero-order valence-electron chi connectivity index (χ0n) is 17.5. The summed E-state index contributed by atoms with van der Waals surface area (Å²) in [4.78, 5) is 27.5. The van der Waals surface area contributed by atoms with E-state index in [-0.39, 0.29) is 40.8 Å². The smallest absolute Gasteiger partial charge is 0.347 e. The van der Waals surface area contributed by atoms with Gasteiger partial charge in [-0.3, -0.25) is 9.59 Å². The van der Waals surface area contributed by atoms with Crippen LogP contribution in [0.25, 0.3) is 0 Å². The first-order valence-electron chi connectivity index (χ1n) is 11.0. The van der Waals surface area contributed by atoms with E-state index in [4.69, 9.17) is 0 Å². The van der Waals surface area contributed by atoms with Crippen molar-refractivity contribution in [3.05, 3.63) is 35.1 Å². The normalized spacial score (nSPS) is 28.4. The largest absolute Gasteiger partial charge is 0.416 e. The molecule has 2 amide bonds. The van der Waals surface area contributed by atoms with E-state index in [1.807, 2.05) is 0 Å². The van der Waals surface area contributed by atoms with Crippen molar-refractivity contribution in [2.24, 2.45) is 11.3 Å². The first-order valence-corrected chi connectivity index (χ1v) is 11.0. The van der Waals surface area contributed by atoms with E-state index in [1.165, 1.54) is 6.07 Å². The fraction of sp³-hybridized carbons (Fsp3) is 0.636. The lowest BCUT2D eigenvalue weighted by Crippen LogP contribution is -2.70. The number of nitrogens with one attached hydrogen (secondary N) is 3. The van der Waals surface area contributed by atoms with Gasteiger partial charge in [0.15, 0.2) is 0 Å². The third kappa shape index (κ3) is 3.48. The first kappa shape index (κ1) is 21.6. The number of piperidine rings is 1. The lowest BCUT2D eigenvalue weighted by molar-refractivity contribution is -0.164. The summed E-state index contributed by atoms with van der Waals surface area (Å²) in [6, 6.07) is 2.24. The second-order valence-corrected chi connectivity index (χ2v) is 9.73. The van der Waals surface area contributed by atoms with Gasteiger partial charge < -0.3 is 20.9 Å². The molecule has 10 heteroatoms. The molecule has 4 aliphatic rings. The van der Waals surface area contributed by atoms with Crippen LogP contribution in [0.5, 0.6) is 0 Å². The second kappa shape index (κ2) is 7.41. The van der Waals surface area contributed by atoms with Gasteiger partial charge in [0.1, 0.15) is 11.7 Å². The zero-order valence-corrected chi connectivity index (χ0v) is 17.5.